The van der Waals surface area contributed by atoms with Gasteiger partial charge in [0, 0.05) is 13.1 Å². The molecular weight excluding hydrogens is 282 g/mol. The maximum atomic E-state index is 12.2. The van der Waals surface area contributed by atoms with Crippen molar-refractivity contribution < 1.29 is 19.1 Å². The lowest BCUT2D eigenvalue weighted by molar-refractivity contribution is -0.151. The summed E-state index contributed by atoms with van der Waals surface area (Å²) >= 11 is 0. The lowest BCUT2D eigenvalue weighted by Gasteiger charge is -2.31. The van der Waals surface area contributed by atoms with Crippen molar-refractivity contribution in [2.24, 2.45) is 5.92 Å². The fourth-order valence-electron chi connectivity index (χ4n) is 2.60. The number of ether oxygens (including phenoxy) is 2. The monoisotopic (exact) mass is 305 g/mol. The Labute approximate surface area is 131 Å². The predicted octanol–water partition coefficient (Wildman–Crippen LogP) is 2.18. The Morgan fingerprint density at radius 2 is 2.18 bits per heavy atom. The van der Waals surface area contributed by atoms with Crippen LogP contribution >= 0.6 is 0 Å². The van der Waals surface area contributed by atoms with E-state index in [9.17, 15) is 9.59 Å². The Kier molecular flexibility index (Phi) is 5.81. The highest BCUT2D eigenvalue weighted by Gasteiger charge is 2.29. The van der Waals surface area contributed by atoms with Crippen molar-refractivity contribution in [3.8, 4) is 5.75 Å². The molecule has 0 radical (unpaired) electrons. The molecule has 0 N–H and O–H groups in total. The van der Waals surface area contributed by atoms with Gasteiger partial charge >= 0.3 is 5.97 Å². The Balaban J connectivity index is 1.85. The molecule has 1 amide bonds. The van der Waals surface area contributed by atoms with Crippen LogP contribution in [0.25, 0.3) is 0 Å². The van der Waals surface area contributed by atoms with Crippen LogP contribution in [0.2, 0.25) is 0 Å². The Morgan fingerprint density at radius 3 is 2.91 bits per heavy atom. The van der Waals surface area contributed by atoms with Gasteiger partial charge in [-0.15, -0.1) is 0 Å². The van der Waals surface area contributed by atoms with E-state index in [-0.39, 0.29) is 24.4 Å². The zero-order valence-electron chi connectivity index (χ0n) is 13.2. The molecule has 1 aliphatic rings. The normalized spacial score (nSPS) is 17.9. The van der Waals surface area contributed by atoms with E-state index in [1.807, 2.05) is 31.2 Å². The number of hydrogen-bond acceptors (Lipinski definition) is 4. The molecule has 1 aromatic carbocycles. The van der Waals surface area contributed by atoms with E-state index in [0.29, 0.717) is 25.4 Å². The number of carbonyl (C=O) groups excluding carboxylic acids is 2. The predicted molar refractivity (Wildman–Crippen MR) is 82.6 cm³/mol. The summed E-state index contributed by atoms with van der Waals surface area (Å²) in [6, 6.07) is 7.60. The third kappa shape index (κ3) is 4.48. The highest BCUT2D eigenvalue weighted by molar-refractivity contribution is 5.79. The molecule has 5 heteroatoms. The topological polar surface area (TPSA) is 55.8 Å². The molecule has 0 bridgehead atoms. The Morgan fingerprint density at radius 1 is 1.36 bits per heavy atom. The molecule has 1 saturated heterocycles. The van der Waals surface area contributed by atoms with Gasteiger partial charge in [0.1, 0.15) is 5.75 Å². The van der Waals surface area contributed by atoms with E-state index in [2.05, 4.69) is 0 Å². The first-order chi connectivity index (χ1) is 10.6. The molecule has 0 aliphatic carbocycles. The summed E-state index contributed by atoms with van der Waals surface area (Å²) in [7, 11) is 0. The molecule has 1 heterocycles. The summed E-state index contributed by atoms with van der Waals surface area (Å²) in [6.07, 6.45) is 1.60. The highest BCUT2D eigenvalue weighted by Crippen LogP contribution is 2.18. The number of rotatable bonds is 5. The molecule has 1 aliphatic heterocycles. The summed E-state index contributed by atoms with van der Waals surface area (Å²) in [4.78, 5) is 25.7. The van der Waals surface area contributed by atoms with Crippen LogP contribution in [0.15, 0.2) is 24.3 Å². The minimum Gasteiger partial charge on any atom is -0.484 e. The number of carbonyl (C=O) groups is 2. The van der Waals surface area contributed by atoms with Gasteiger partial charge < -0.3 is 14.4 Å². The molecule has 2 rings (SSSR count). The number of esters is 1. The van der Waals surface area contributed by atoms with Crippen molar-refractivity contribution in [1.82, 2.24) is 4.90 Å². The van der Waals surface area contributed by atoms with Crippen LogP contribution < -0.4 is 4.74 Å². The van der Waals surface area contributed by atoms with E-state index in [0.717, 1.165) is 18.4 Å². The first-order valence-corrected chi connectivity index (χ1v) is 7.74. The van der Waals surface area contributed by atoms with Gasteiger partial charge in [0.2, 0.25) is 0 Å². The Hall–Kier alpha value is -2.04. The van der Waals surface area contributed by atoms with Gasteiger partial charge in [0.25, 0.3) is 5.91 Å². The first-order valence-electron chi connectivity index (χ1n) is 7.74. The number of piperidine rings is 1. The molecule has 1 fully saturated rings. The minimum atomic E-state index is -0.211. The van der Waals surface area contributed by atoms with Crippen molar-refractivity contribution in [2.45, 2.75) is 26.7 Å². The van der Waals surface area contributed by atoms with Crippen LogP contribution in [0.1, 0.15) is 25.3 Å². The number of amides is 1. The molecule has 120 valence electrons. The number of hydrogen-bond donors (Lipinski definition) is 0. The van der Waals surface area contributed by atoms with Crippen LogP contribution in [-0.2, 0) is 14.3 Å². The van der Waals surface area contributed by atoms with Crippen molar-refractivity contribution in [2.75, 3.05) is 26.3 Å². The zero-order valence-corrected chi connectivity index (χ0v) is 13.2. The van der Waals surface area contributed by atoms with Crippen molar-refractivity contribution in [3.63, 3.8) is 0 Å². The van der Waals surface area contributed by atoms with Gasteiger partial charge in [-0.3, -0.25) is 9.59 Å². The summed E-state index contributed by atoms with van der Waals surface area (Å²) in [5.74, 6) is 0.180. The molecule has 0 aromatic heterocycles. The zero-order chi connectivity index (χ0) is 15.9. The van der Waals surface area contributed by atoms with Crippen LogP contribution in [0, 0.1) is 12.8 Å². The molecule has 0 spiro atoms. The second-order valence-electron chi connectivity index (χ2n) is 5.54. The van der Waals surface area contributed by atoms with E-state index in [1.54, 1.807) is 11.8 Å². The fourth-order valence-corrected chi connectivity index (χ4v) is 2.60. The van der Waals surface area contributed by atoms with Crippen LogP contribution in [-0.4, -0.2) is 43.1 Å². The SMILES string of the molecule is CCOC(=O)[C@H]1CCCN(C(=O)COc2cccc(C)c2)C1. The van der Waals surface area contributed by atoms with E-state index in [4.69, 9.17) is 9.47 Å². The maximum Gasteiger partial charge on any atom is 0.310 e. The number of likely N-dealkylation sites (tertiary alicyclic amines) is 1. The van der Waals surface area contributed by atoms with Crippen LogP contribution in [0.3, 0.4) is 0 Å². The molecular formula is C17H23NO4. The molecule has 5 nitrogen and oxygen atoms in total. The summed E-state index contributed by atoms with van der Waals surface area (Å²) in [5, 5.41) is 0. The maximum absolute atomic E-state index is 12.2. The van der Waals surface area contributed by atoms with Crippen molar-refractivity contribution in [3.05, 3.63) is 29.8 Å². The minimum absolute atomic E-state index is 0.000993. The van der Waals surface area contributed by atoms with Gasteiger partial charge in [0.05, 0.1) is 12.5 Å². The lowest BCUT2D eigenvalue weighted by atomic mass is 9.98. The second kappa shape index (κ2) is 7.82. The molecule has 1 aromatic rings. The quantitative estimate of drug-likeness (QED) is 0.782. The fraction of sp³-hybridized carbons (Fsp3) is 0.529. The van der Waals surface area contributed by atoms with Gasteiger partial charge in [-0.05, 0) is 44.4 Å². The van der Waals surface area contributed by atoms with E-state index < -0.39 is 0 Å². The molecule has 1 atom stereocenters. The number of benzene rings is 1. The van der Waals surface area contributed by atoms with E-state index in [1.165, 1.54) is 0 Å². The third-order valence-electron chi connectivity index (χ3n) is 3.75. The molecule has 0 saturated carbocycles. The average molecular weight is 305 g/mol. The Bertz CT molecular complexity index is 529. The summed E-state index contributed by atoms with van der Waals surface area (Å²) in [5.41, 5.74) is 1.09. The van der Waals surface area contributed by atoms with Crippen molar-refractivity contribution >= 4 is 11.9 Å². The van der Waals surface area contributed by atoms with Gasteiger partial charge in [-0.1, -0.05) is 12.1 Å². The average Bonchev–Trinajstić information content (AvgIpc) is 2.53. The molecule has 0 unspecified atom stereocenters. The number of nitrogens with zero attached hydrogens (tertiary/aromatic N) is 1. The smallest absolute Gasteiger partial charge is 0.310 e. The van der Waals surface area contributed by atoms with Crippen LogP contribution in [0.4, 0.5) is 0 Å². The largest absolute Gasteiger partial charge is 0.484 e. The van der Waals surface area contributed by atoms with Crippen molar-refractivity contribution in [1.29, 1.82) is 0 Å². The van der Waals surface area contributed by atoms with Gasteiger partial charge in [-0.2, -0.15) is 0 Å². The number of aryl methyl sites for hydroxylation is 1. The lowest BCUT2D eigenvalue weighted by Crippen LogP contribution is -2.44. The highest BCUT2D eigenvalue weighted by atomic mass is 16.5. The molecule has 22 heavy (non-hydrogen) atoms. The van der Waals surface area contributed by atoms with Gasteiger partial charge in [-0.25, -0.2) is 0 Å². The first kappa shape index (κ1) is 16.3. The van der Waals surface area contributed by atoms with Gasteiger partial charge in [0.15, 0.2) is 6.61 Å². The standard InChI is InChI=1S/C17H23NO4/c1-3-21-17(20)14-7-5-9-18(11-14)16(19)12-22-15-8-4-6-13(2)10-15/h4,6,8,10,14H,3,5,7,9,11-12H2,1-2H3/t14-/m0/s1. The summed E-state index contributed by atoms with van der Waals surface area (Å²) in [6.45, 7) is 5.24. The third-order valence-corrected chi connectivity index (χ3v) is 3.75. The van der Waals surface area contributed by atoms with E-state index >= 15 is 0 Å². The summed E-state index contributed by atoms with van der Waals surface area (Å²) < 4.78 is 10.6. The second-order valence-corrected chi connectivity index (χ2v) is 5.54. The van der Waals surface area contributed by atoms with Crippen LogP contribution in [0.5, 0.6) is 5.75 Å².